The third-order valence-electron chi connectivity index (χ3n) is 7.39. The molecule has 5 rings (SSSR count). The topological polar surface area (TPSA) is 69.7 Å². The Labute approximate surface area is 226 Å². The van der Waals surface area contributed by atoms with Gasteiger partial charge in [0.2, 0.25) is 11.8 Å². The van der Waals surface area contributed by atoms with Gasteiger partial charge in [-0.05, 0) is 54.5 Å². The zero-order valence-electron chi connectivity index (χ0n) is 20.7. The number of halogens is 2. The predicted molar refractivity (Wildman–Crippen MR) is 147 cm³/mol. The number of carbonyl (C=O) groups excluding carboxylic acids is 3. The number of amides is 3. The zero-order chi connectivity index (χ0) is 26.1. The average molecular weight is 538 g/mol. The third-order valence-corrected chi connectivity index (χ3v) is 7.97. The van der Waals surface area contributed by atoms with Crippen LogP contribution in [0.2, 0.25) is 10.0 Å². The van der Waals surface area contributed by atoms with Gasteiger partial charge in [-0.15, -0.1) is 0 Å². The molecule has 8 heteroatoms. The molecule has 2 aliphatic rings. The fraction of sp³-hybridized carbons (Fsp3) is 0.345. The fourth-order valence-electron chi connectivity index (χ4n) is 5.48. The minimum atomic E-state index is -0.698. The summed E-state index contributed by atoms with van der Waals surface area (Å²) in [6.45, 7) is 1.84. The number of hydrogen-bond acceptors (Lipinski definition) is 3. The lowest BCUT2D eigenvalue weighted by atomic mass is 10.1. The molecule has 6 nitrogen and oxygen atoms in total. The Morgan fingerprint density at radius 2 is 1.81 bits per heavy atom. The summed E-state index contributed by atoms with van der Waals surface area (Å²) in [7, 11) is 0. The van der Waals surface area contributed by atoms with Crippen LogP contribution in [0.25, 0.3) is 10.8 Å². The summed E-state index contributed by atoms with van der Waals surface area (Å²) in [5.41, 5.74) is 1.98. The van der Waals surface area contributed by atoms with E-state index in [0.29, 0.717) is 33.3 Å². The third kappa shape index (κ3) is 5.05. The lowest BCUT2D eigenvalue weighted by molar-refractivity contribution is -0.140. The van der Waals surface area contributed by atoms with Gasteiger partial charge in [0, 0.05) is 33.6 Å². The first-order valence-electron chi connectivity index (χ1n) is 12.7. The summed E-state index contributed by atoms with van der Waals surface area (Å²) in [6, 6.07) is 15.8. The molecule has 3 aromatic carbocycles. The molecule has 1 fully saturated rings. The Bertz CT molecular complexity index is 1360. The van der Waals surface area contributed by atoms with Crippen molar-refractivity contribution >= 4 is 57.4 Å². The molecular weight excluding hydrogens is 509 g/mol. The van der Waals surface area contributed by atoms with E-state index in [4.69, 9.17) is 23.2 Å². The van der Waals surface area contributed by atoms with Gasteiger partial charge in [0.05, 0.1) is 5.69 Å². The largest absolute Gasteiger partial charge is 0.352 e. The maximum absolute atomic E-state index is 13.9. The first kappa shape index (κ1) is 25.6. The van der Waals surface area contributed by atoms with Crippen molar-refractivity contribution in [3.05, 3.63) is 75.8 Å². The van der Waals surface area contributed by atoms with Gasteiger partial charge in [-0.3, -0.25) is 19.3 Å². The Kier molecular flexibility index (Phi) is 7.40. The monoisotopic (exact) mass is 537 g/mol. The minimum absolute atomic E-state index is 0.130. The van der Waals surface area contributed by atoms with Gasteiger partial charge in [-0.1, -0.05) is 73.3 Å². The van der Waals surface area contributed by atoms with E-state index in [9.17, 15) is 14.4 Å². The van der Waals surface area contributed by atoms with E-state index in [2.05, 4.69) is 5.32 Å². The van der Waals surface area contributed by atoms with Crippen LogP contribution in [0.4, 0.5) is 5.69 Å². The van der Waals surface area contributed by atoms with Gasteiger partial charge in [-0.25, -0.2) is 0 Å². The zero-order valence-corrected chi connectivity index (χ0v) is 22.2. The van der Waals surface area contributed by atoms with Crippen LogP contribution in [0.5, 0.6) is 0 Å². The van der Waals surface area contributed by atoms with E-state index in [1.807, 2.05) is 37.3 Å². The minimum Gasteiger partial charge on any atom is -0.352 e. The summed E-state index contributed by atoms with van der Waals surface area (Å²) < 4.78 is 0. The quantitative estimate of drug-likeness (QED) is 0.384. The van der Waals surface area contributed by atoms with Gasteiger partial charge in [-0.2, -0.15) is 0 Å². The lowest BCUT2D eigenvalue weighted by Gasteiger charge is -2.33. The molecule has 1 atom stereocenters. The van der Waals surface area contributed by atoms with Crippen molar-refractivity contribution in [2.75, 3.05) is 11.4 Å². The first-order chi connectivity index (χ1) is 17.9. The molecule has 192 valence electrons. The van der Waals surface area contributed by atoms with Gasteiger partial charge in [0.25, 0.3) is 5.91 Å². The van der Waals surface area contributed by atoms with Crippen LogP contribution in [0, 0.1) is 0 Å². The molecule has 1 aliphatic heterocycles. The van der Waals surface area contributed by atoms with Gasteiger partial charge in [0.15, 0.2) is 0 Å². The highest BCUT2D eigenvalue weighted by molar-refractivity contribution is 6.35. The van der Waals surface area contributed by atoms with Crippen LogP contribution in [0.1, 0.15) is 54.9 Å². The van der Waals surface area contributed by atoms with Gasteiger partial charge in [0.1, 0.15) is 12.6 Å². The Hall–Kier alpha value is -3.09. The lowest BCUT2D eigenvalue weighted by Crippen LogP contribution is -2.53. The summed E-state index contributed by atoms with van der Waals surface area (Å²) in [5, 5.41) is 5.85. The van der Waals surface area contributed by atoms with E-state index < -0.39 is 6.04 Å². The van der Waals surface area contributed by atoms with Crippen molar-refractivity contribution in [2.24, 2.45) is 0 Å². The average Bonchev–Trinajstić information content (AvgIpc) is 3.49. The van der Waals surface area contributed by atoms with Crippen molar-refractivity contribution in [3.63, 3.8) is 0 Å². The summed E-state index contributed by atoms with van der Waals surface area (Å²) in [6.07, 6.45) is 4.51. The smallest absolute Gasteiger partial charge is 0.259 e. The first-order valence-corrected chi connectivity index (χ1v) is 13.5. The van der Waals surface area contributed by atoms with E-state index in [-0.39, 0.29) is 36.9 Å². The Morgan fingerprint density at radius 1 is 1.08 bits per heavy atom. The number of rotatable bonds is 8. The number of anilines is 1. The van der Waals surface area contributed by atoms with Crippen LogP contribution in [-0.4, -0.2) is 41.2 Å². The molecule has 0 aromatic heterocycles. The Balaban J connectivity index is 1.45. The van der Waals surface area contributed by atoms with Gasteiger partial charge < -0.3 is 10.2 Å². The highest BCUT2D eigenvalue weighted by Gasteiger charge is 2.36. The second-order valence-electron chi connectivity index (χ2n) is 9.74. The van der Waals surface area contributed by atoms with Crippen LogP contribution in [0.15, 0.2) is 54.6 Å². The second-order valence-corrected chi connectivity index (χ2v) is 10.6. The molecule has 0 bridgehead atoms. The molecule has 1 saturated carbocycles. The second kappa shape index (κ2) is 10.7. The maximum atomic E-state index is 13.9. The molecule has 3 aromatic rings. The standard InChI is InChI=1S/C29H29Cl2N3O3/c1-2-24(28(36)32-21-9-3-4-10-21)33(16-19-13-14-20(30)15-23(19)31)26(35)17-34-25-12-6-8-18-7-5-11-22(27(18)25)29(34)37/h5-8,11-15,21,24H,2-4,9-10,16-17H2,1H3,(H,32,36). The number of nitrogens with zero attached hydrogens (tertiary/aromatic N) is 2. The van der Waals surface area contributed by atoms with Gasteiger partial charge >= 0.3 is 0 Å². The van der Waals surface area contributed by atoms with E-state index in [1.165, 1.54) is 4.90 Å². The summed E-state index contributed by atoms with van der Waals surface area (Å²) in [4.78, 5) is 43.7. The van der Waals surface area contributed by atoms with Crippen LogP contribution in [0.3, 0.4) is 0 Å². The molecule has 1 aliphatic carbocycles. The fourth-order valence-corrected chi connectivity index (χ4v) is 5.95. The molecule has 1 heterocycles. The Morgan fingerprint density at radius 3 is 2.51 bits per heavy atom. The van der Waals surface area contributed by atoms with E-state index in [1.54, 1.807) is 29.2 Å². The van der Waals surface area contributed by atoms with Crippen LogP contribution < -0.4 is 10.2 Å². The predicted octanol–water partition coefficient (Wildman–Crippen LogP) is 5.97. The molecule has 37 heavy (non-hydrogen) atoms. The molecule has 0 spiro atoms. The summed E-state index contributed by atoms with van der Waals surface area (Å²) >= 11 is 12.6. The van der Waals surface area contributed by atoms with Crippen molar-refractivity contribution in [2.45, 2.75) is 57.7 Å². The summed E-state index contributed by atoms with van der Waals surface area (Å²) in [5.74, 6) is -0.711. The molecule has 1 N–H and O–H groups in total. The van der Waals surface area contributed by atoms with Crippen molar-refractivity contribution in [3.8, 4) is 0 Å². The maximum Gasteiger partial charge on any atom is 0.259 e. The number of hydrogen-bond donors (Lipinski definition) is 1. The molecule has 3 amide bonds. The van der Waals surface area contributed by atoms with Crippen molar-refractivity contribution < 1.29 is 14.4 Å². The molecular formula is C29H29Cl2N3O3. The number of nitrogens with one attached hydrogen (secondary N) is 1. The van der Waals surface area contributed by atoms with Crippen LogP contribution in [-0.2, 0) is 16.1 Å². The normalized spacial score (nSPS) is 15.9. The van der Waals surface area contributed by atoms with Crippen molar-refractivity contribution in [1.29, 1.82) is 0 Å². The van der Waals surface area contributed by atoms with E-state index in [0.717, 1.165) is 36.5 Å². The highest BCUT2D eigenvalue weighted by Crippen LogP contribution is 2.37. The van der Waals surface area contributed by atoms with Crippen LogP contribution >= 0.6 is 23.2 Å². The molecule has 0 saturated heterocycles. The van der Waals surface area contributed by atoms with E-state index >= 15 is 0 Å². The number of carbonyl (C=O) groups is 3. The molecule has 0 radical (unpaired) electrons. The highest BCUT2D eigenvalue weighted by atomic mass is 35.5. The number of benzene rings is 3. The SMILES string of the molecule is CCC(C(=O)NC1CCCC1)N(Cc1ccc(Cl)cc1Cl)C(=O)CN1C(=O)c2cccc3cccc1c23. The molecule has 1 unspecified atom stereocenters. The van der Waals surface area contributed by atoms with Crippen molar-refractivity contribution in [1.82, 2.24) is 10.2 Å².